The zero-order valence-corrected chi connectivity index (χ0v) is 9.57. The number of rotatable bonds is 2. The molecule has 0 aliphatic rings. The van der Waals surface area contributed by atoms with E-state index < -0.39 is 17.6 Å². The number of alkyl halides is 3. The highest BCUT2D eigenvalue weighted by Crippen LogP contribution is 2.29. The standard InChI is InChI=1S/C9H13F3N4O/c1-4-6(5(2)16-15-4)14-7(17)8(3,13)9(10,11)12/h13H2,1-3H3,(H,14,17)(H,15,16). The van der Waals surface area contributed by atoms with Crippen molar-refractivity contribution in [2.45, 2.75) is 32.5 Å². The molecule has 0 fully saturated rings. The Morgan fingerprint density at radius 1 is 1.41 bits per heavy atom. The fraction of sp³-hybridized carbons (Fsp3) is 0.556. The molecular weight excluding hydrogens is 237 g/mol. The van der Waals surface area contributed by atoms with Crippen LogP contribution in [0, 0.1) is 13.8 Å². The summed E-state index contributed by atoms with van der Waals surface area (Å²) in [6, 6.07) is 0. The summed E-state index contributed by atoms with van der Waals surface area (Å²) in [6.45, 7) is 3.75. The summed E-state index contributed by atoms with van der Waals surface area (Å²) in [5.41, 5.74) is 3.13. The van der Waals surface area contributed by atoms with Crippen molar-refractivity contribution in [2.75, 3.05) is 5.32 Å². The van der Waals surface area contributed by atoms with Gasteiger partial charge in [-0.15, -0.1) is 0 Å². The van der Waals surface area contributed by atoms with Crippen LogP contribution in [0.2, 0.25) is 0 Å². The summed E-state index contributed by atoms with van der Waals surface area (Å²) >= 11 is 0. The molecule has 0 radical (unpaired) electrons. The number of hydrogen-bond acceptors (Lipinski definition) is 3. The Morgan fingerprint density at radius 2 is 1.94 bits per heavy atom. The van der Waals surface area contributed by atoms with Gasteiger partial charge in [0.25, 0.3) is 5.91 Å². The smallest absolute Gasteiger partial charge is 0.321 e. The number of aromatic amines is 1. The van der Waals surface area contributed by atoms with Gasteiger partial charge in [-0.3, -0.25) is 9.89 Å². The number of hydrogen-bond donors (Lipinski definition) is 3. The average Bonchev–Trinajstić information content (AvgIpc) is 2.47. The van der Waals surface area contributed by atoms with E-state index in [4.69, 9.17) is 5.73 Å². The van der Waals surface area contributed by atoms with Crippen molar-refractivity contribution in [3.05, 3.63) is 11.4 Å². The van der Waals surface area contributed by atoms with Gasteiger partial charge in [-0.1, -0.05) is 0 Å². The normalized spacial score (nSPS) is 15.5. The largest absolute Gasteiger partial charge is 0.415 e. The number of aryl methyl sites for hydroxylation is 2. The predicted octanol–water partition coefficient (Wildman–Crippen LogP) is 1.24. The second-order valence-corrected chi connectivity index (χ2v) is 3.96. The Labute approximate surface area is 95.6 Å². The third-order valence-electron chi connectivity index (χ3n) is 2.43. The van der Waals surface area contributed by atoms with E-state index in [2.05, 4.69) is 15.5 Å². The van der Waals surface area contributed by atoms with Crippen molar-refractivity contribution >= 4 is 11.6 Å². The van der Waals surface area contributed by atoms with Crippen molar-refractivity contribution in [1.82, 2.24) is 10.2 Å². The van der Waals surface area contributed by atoms with Crippen LogP contribution in [-0.4, -0.2) is 27.8 Å². The highest BCUT2D eigenvalue weighted by atomic mass is 19.4. The number of H-pyrrole nitrogens is 1. The van der Waals surface area contributed by atoms with E-state index in [0.29, 0.717) is 18.3 Å². The van der Waals surface area contributed by atoms with E-state index in [0.717, 1.165) is 0 Å². The number of nitrogens with two attached hydrogens (primary N) is 1. The molecule has 0 saturated heterocycles. The topological polar surface area (TPSA) is 83.8 Å². The molecule has 4 N–H and O–H groups in total. The molecule has 5 nitrogen and oxygen atoms in total. The van der Waals surface area contributed by atoms with E-state index in [1.807, 2.05) is 0 Å². The van der Waals surface area contributed by atoms with Gasteiger partial charge >= 0.3 is 6.18 Å². The monoisotopic (exact) mass is 250 g/mol. The van der Waals surface area contributed by atoms with E-state index in [-0.39, 0.29) is 5.69 Å². The van der Waals surface area contributed by atoms with Crippen molar-refractivity contribution in [1.29, 1.82) is 0 Å². The molecular formula is C9H13F3N4O. The number of amides is 1. The zero-order valence-electron chi connectivity index (χ0n) is 9.57. The van der Waals surface area contributed by atoms with Crippen molar-refractivity contribution in [3.63, 3.8) is 0 Å². The van der Waals surface area contributed by atoms with Crippen LogP contribution in [0.4, 0.5) is 18.9 Å². The lowest BCUT2D eigenvalue weighted by Gasteiger charge is -2.26. The van der Waals surface area contributed by atoms with Gasteiger partial charge in [-0.25, -0.2) is 0 Å². The van der Waals surface area contributed by atoms with Crippen LogP contribution in [0.25, 0.3) is 0 Å². The molecule has 96 valence electrons. The zero-order chi connectivity index (χ0) is 13.4. The van der Waals surface area contributed by atoms with E-state index in [9.17, 15) is 18.0 Å². The van der Waals surface area contributed by atoms with Crippen LogP contribution in [-0.2, 0) is 4.79 Å². The predicted molar refractivity (Wildman–Crippen MR) is 55.3 cm³/mol. The number of nitrogens with zero attached hydrogens (tertiary/aromatic N) is 1. The Bertz CT molecular complexity index is 416. The number of aromatic nitrogens is 2. The summed E-state index contributed by atoms with van der Waals surface area (Å²) in [5, 5.41) is 8.42. The minimum atomic E-state index is -4.82. The van der Waals surface area contributed by atoms with Gasteiger partial charge in [-0.2, -0.15) is 18.3 Å². The van der Waals surface area contributed by atoms with E-state index in [1.165, 1.54) is 0 Å². The third-order valence-corrected chi connectivity index (χ3v) is 2.43. The molecule has 17 heavy (non-hydrogen) atoms. The molecule has 0 saturated carbocycles. The molecule has 1 unspecified atom stereocenters. The van der Waals surface area contributed by atoms with Gasteiger partial charge in [0.05, 0.1) is 17.1 Å². The van der Waals surface area contributed by atoms with Gasteiger partial charge in [0.15, 0.2) is 5.54 Å². The summed E-state index contributed by atoms with van der Waals surface area (Å²) in [4.78, 5) is 11.5. The second-order valence-electron chi connectivity index (χ2n) is 3.96. The molecule has 1 atom stereocenters. The molecule has 0 aromatic carbocycles. The fourth-order valence-electron chi connectivity index (χ4n) is 1.11. The third kappa shape index (κ3) is 2.41. The first-order chi connectivity index (χ1) is 7.57. The van der Waals surface area contributed by atoms with Crippen molar-refractivity contribution in [2.24, 2.45) is 5.73 Å². The Morgan fingerprint density at radius 3 is 2.29 bits per heavy atom. The maximum absolute atomic E-state index is 12.5. The van der Waals surface area contributed by atoms with Crippen LogP contribution < -0.4 is 11.1 Å². The summed E-state index contributed by atoms with van der Waals surface area (Å²) in [5.74, 6) is -1.32. The summed E-state index contributed by atoms with van der Waals surface area (Å²) in [6.07, 6.45) is -4.82. The average molecular weight is 250 g/mol. The van der Waals surface area contributed by atoms with E-state index in [1.54, 1.807) is 13.8 Å². The lowest BCUT2D eigenvalue weighted by molar-refractivity contribution is -0.184. The van der Waals surface area contributed by atoms with E-state index >= 15 is 0 Å². The second kappa shape index (κ2) is 4.02. The number of nitrogens with one attached hydrogen (secondary N) is 2. The SMILES string of the molecule is Cc1n[nH]c(C)c1NC(=O)C(C)(N)C(F)(F)F. The molecule has 0 aliphatic heterocycles. The highest BCUT2D eigenvalue weighted by molar-refractivity contribution is 5.99. The lowest BCUT2D eigenvalue weighted by atomic mass is 10.0. The molecule has 0 spiro atoms. The van der Waals surface area contributed by atoms with Gasteiger partial charge in [0.2, 0.25) is 0 Å². The van der Waals surface area contributed by atoms with Gasteiger partial charge < -0.3 is 11.1 Å². The van der Waals surface area contributed by atoms with Gasteiger partial charge in [0.1, 0.15) is 0 Å². The van der Waals surface area contributed by atoms with Crippen LogP contribution in [0.1, 0.15) is 18.3 Å². The van der Waals surface area contributed by atoms with Crippen LogP contribution in [0.5, 0.6) is 0 Å². The molecule has 0 bridgehead atoms. The van der Waals surface area contributed by atoms with Crippen LogP contribution >= 0.6 is 0 Å². The number of carbonyl (C=O) groups excluding carboxylic acids is 1. The van der Waals surface area contributed by atoms with Gasteiger partial charge in [0, 0.05) is 0 Å². The first-order valence-electron chi connectivity index (χ1n) is 4.76. The summed E-state index contributed by atoms with van der Waals surface area (Å²) in [7, 11) is 0. The Hall–Kier alpha value is -1.57. The first-order valence-corrected chi connectivity index (χ1v) is 4.76. The Balaban J connectivity index is 2.95. The number of halogens is 3. The lowest BCUT2D eigenvalue weighted by Crippen LogP contribution is -2.59. The fourth-order valence-corrected chi connectivity index (χ4v) is 1.11. The number of anilines is 1. The minimum Gasteiger partial charge on any atom is -0.321 e. The Kier molecular flexibility index (Phi) is 3.19. The quantitative estimate of drug-likeness (QED) is 0.738. The highest BCUT2D eigenvalue weighted by Gasteiger charge is 2.54. The molecule has 8 heteroatoms. The molecule has 0 aliphatic carbocycles. The van der Waals surface area contributed by atoms with Crippen molar-refractivity contribution in [3.8, 4) is 0 Å². The number of carbonyl (C=O) groups is 1. The van der Waals surface area contributed by atoms with Crippen LogP contribution in [0.3, 0.4) is 0 Å². The maximum atomic E-state index is 12.5. The van der Waals surface area contributed by atoms with Crippen LogP contribution in [0.15, 0.2) is 0 Å². The summed E-state index contributed by atoms with van der Waals surface area (Å²) < 4.78 is 37.5. The van der Waals surface area contributed by atoms with Gasteiger partial charge in [-0.05, 0) is 20.8 Å². The minimum absolute atomic E-state index is 0.218. The molecule has 1 heterocycles. The molecule has 1 aromatic rings. The molecule has 1 amide bonds. The van der Waals surface area contributed by atoms with Crippen molar-refractivity contribution < 1.29 is 18.0 Å². The molecule has 1 rings (SSSR count). The first kappa shape index (κ1) is 13.5. The molecule has 1 aromatic heterocycles. The maximum Gasteiger partial charge on any atom is 0.415 e.